The lowest BCUT2D eigenvalue weighted by Crippen LogP contribution is -2.34. The first-order chi connectivity index (χ1) is 10.3. The molecule has 0 atom stereocenters. The highest BCUT2D eigenvalue weighted by Crippen LogP contribution is 2.25. The number of aryl methyl sites for hydroxylation is 2. The minimum atomic E-state index is -0.306. The first kappa shape index (κ1) is 15.8. The fourth-order valence-electron chi connectivity index (χ4n) is 2.09. The van der Waals surface area contributed by atoms with Crippen molar-refractivity contribution in [2.45, 2.75) is 13.8 Å². The molecule has 114 valence electrons. The second-order valence-electron chi connectivity index (χ2n) is 5.06. The van der Waals surface area contributed by atoms with Crippen LogP contribution in [-0.4, -0.2) is 16.1 Å². The number of nitrogen functional groups attached to an aromatic ring is 1. The third-order valence-electron chi connectivity index (χ3n) is 2.98. The molecule has 5 N–H and O–H groups in total. The number of phenolic OH excluding ortho intramolecular Hbond substituents is 1. The fourth-order valence-corrected chi connectivity index (χ4v) is 2.29. The van der Waals surface area contributed by atoms with Crippen molar-refractivity contribution in [3.63, 3.8) is 0 Å². The molecule has 0 saturated heterocycles. The van der Waals surface area contributed by atoms with E-state index in [9.17, 15) is 9.90 Å². The van der Waals surface area contributed by atoms with Gasteiger partial charge >= 0.3 is 0 Å². The minimum absolute atomic E-state index is 0.0389. The second-order valence-corrected chi connectivity index (χ2v) is 5.47. The van der Waals surface area contributed by atoms with E-state index < -0.39 is 0 Å². The fraction of sp³-hybridized carbons (Fsp3) is 0.125. The molecule has 0 aliphatic rings. The van der Waals surface area contributed by atoms with Crippen molar-refractivity contribution in [3.05, 3.63) is 53.1 Å². The van der Waals surface area contributed by atoms with Crippen LogP contribution >= 0.6 is 12.2 Å². The molecular weight excluding hydrogens is 298 g/mol. The number of phenols is 1. The topological polar surface area (TPSA) is 87.4 Å². The number of aromatic hydroxyl groups is 1. The van der Waals surface area contributed by atoms with E-state index in [0.29, 0.717) is 16.9 Å². The number of hydrogen-bond donors (Lipinski definition) is 4. The third-order valence-corrected chi connectivity index (χ3v) is 3.19. The summed E-state index contributed by atoms with van der Waals surface area (Å²) in [5, 5.41) is 15.2. The van der Waals surface area contributed by atoms with Crippen LogP contribution in [0.1, 0.15) is 21.5 Å². The quantitative estimate of drug-likeness (QED) is 0.389. The summed E-state index contributed by atoms with van der Waals surface area (Å²) in [5.41, 5.74) is 8.90. The summed E-state index contributed by atoms with van der Waals surface area (Å²) in [6, 6.07) is 10.2. The average molecular weight is 315 g/mol. The Morgan fingerprint density at radius 2 is 1.77 bits per heavy atom. The predicted octanol–water partition coefficient (Wildman–Crippen LogP) is 2.72. The number of nitrogens with one attached hydrogen (secondary N) is 2. The van der Waals surface area contributed by atoms with E-state index in [1.807, 2.05) is 19.9 Å². The Morgan fingerprint density at radius 3 is 2.36 bits per heavy atom. The summed E-state index contributed by atoms with van der Waals surface area (Å²) in [4.78, 5) is 12.2. The highest BCUT2D eigenvalue weighted by molar-refractivity contribution is 7.80. The number of amides is 1. The number of hydrogen-bond acceptors (Lipinski definition) is 4. The van der Waals surface area contributed by atoms with Crippen LogP contribution in [0.15, 0.2) is 36.4 Å². The van der Waals surface area contributed by atoms with Gasteiger partial charge in [-0.3, -0.25) is 10.1 Å². The molecule has 0 radical (unpaired) electrons. The molecular formula is C16H17N3O2S. The van der Waals surface area contributed by atoms with Gasteiger partial charge in [0.2, 0.25) is 0 Å². The van der Waals surface area contributed by atoms with E-state index in [2.05, 4.69) is 10.6 Å². The van der Waals surface area contributed by atoms with Gasteiger partial charge in [0.05, 0.1) is 5.69 Å². The molecule has 0 unspecified atom stereocenters. The summed E-state index contributed by atoms with van der Waals surface area (Å²) in [6.07, 6.45) is 0. The maximum absolute atomic E-state index is 12.2. The molecule has 2 aromatic rings. The Labute approximate surface area is 134 Å². The Hall–Kier alpha value is -2.60. The Morgan fingerprint density at radius 1 is 1.14 bits per heavy atom. The molecule has 0 heterocycles. The maximum atomic E-state index is 12.2. The summed E-state index contributed by atoms with van der Waals surface area (Å²) in [5.74, 6) is -0.345. The Kier molecular flexibility index (Phi) is 4.62. The van der Waals surface area contributed by atoms with Crippen LogP contribution in [0.4, 0.5) is 11.4 Å². The van der Waals surface area contributed by atoms with Gasteiger partial charge in [0.25, 0.3) is 5.91 Å². The Balaban J connectivity index is 2.06. The first-order valence-electron chi connectivity index (χ1n) is 6.64. The normalized spacial score (nSPS) is 10.1. The van der Waals surface area contributed by atoms with Crippen molar-refractivity contribution >= 4 is 34.6 Å². The summed E-state index contributed by atoms with van der Waals surface area (Å²) < 4.78 is 0. The number of carbonyl (C=O) groups is 1. The number of benzene rings is 2. The molecule has 0 spiro atoms. The van der Waals surface area contributed by atoms with Gasteiger partial charge in [-0.25, -0.2) is 0 Å². The minimum Gasteiger partial charge on any atom is -0.506 e. The molecule has 0 saturated carbocycles. The molecule has 0 aromatic heterocycles. The highest BCUT2D eigenvalue weighted by Gasteiger charge is 2.10. The van der Waals surface area contributed by atoms with Gasteiger partial charge in [0.15, 0.2) is 5.11 Å². The highest BCUT2D eigenvalue weighted by atomic mass is 32.1. The van der Waals surface area contributed by atoms with Gasteiger partial charge < -0.3 is 16.2 Å². The lowest BCUT2D eigenvalue weighted by Gasteiger charge is -2.12. The number of carbonyl (C=O) groups excluding carboxylic acids is 1. The molecule has 6 heteroatoms. The van der Waals surface area contributed by atoms with Gasteiger partial charge in [0.1, 0.15) is 5.75 Å². The number of nitrogens with two attached hydrogens (primary N) is 1. The van der Waals surface area contributed by atoms with Crippen molar-refractivity contribution in [1.29, 1.82) is 0 Å². The second kappa shape index (κ2) is 6.44. The SMILES string of the molecule is Cc1cc(C)cc(C(=O)NC(=S)Nc2ccc(N)cc2O)c1. The lowest BCUT2D eigenvalue weighted by molar-refractivity contribution is 0.0977. The molecule has 2 aromatic carbocycles. The molecule has 0 bridgehead atoms. The average Bonchev–Trinajstić information content (AvgIpc) is 2.40. The van der Waals surface area contributed by atoms with Gasteiger partial charge in [-0.15, -0.1) is 0 Å². The van der Waals surface area contributed by atoms with Gasteiger partial charge in [-0.1, -0.05) is 17.2 Å². The zero-order valence-electron chi connectivity index (χ0n) is 12.3. The van der Waals surface area contributed by atoms with Crippen LogP contribution in [0.2, 0.25) is 0 Å². The van der Waals surface area contributed by atoms with Crippen LogP contribution in [0.3, 0.4) is 0 Å². The number of rotatable bonds is 2. The monoisotopic (exact) mass is 315 g/mol. The maximum Gasteiger partial charge on any atom is 0.257 e. The number of thiocarbonyl (C=S) groups is 1. The van der Waals surface area contributed by atoms with Gasteiger partial charge in [-0.05, 0) is 50.3 Å². The van der Waals surface area contributed by atoms with Crippen molar-refractivity contribution in [1.82, 2.24) is 5.32 Å². The zero-order valence-corrected chi connectivity index (χ0v) is 13.1. The van der Waals surface area contributed by atoms with Gasteiger partial charge in [0, 0.05) is 17.3 Å². The van der Waals surface area contributed by atoms with Crippen LogP contribution in [0, 0.1) is 13.8 Å². The van der Waals surface area contributed by atoms with E-state index in [4.69, 9.17) is 18.0 Å². The smallest absolute Gasteiger partial charge is 0.257 e. The molecule has 0 fully saturated rings. The van der Waals surface area contributed by atoms with Crippen LogP contribution in [0.5, 0.6) is 5.75 Å². The van der Waals surface area contributed by atoms with E-state index in [1.54, 1.807) is 24.3 Å². The number of anilines is 2. The van der Waals surface area contributed by atoms with Crippen LogP contribution < -0.4 is 16.4 Å². The van der Waals surface area contributed by atoms with E-state index in [-0.39, 0.29) is 16.8 Å². The van der Waals surface area contributed by atoms with E-state index >= 15 is 0 Å². The summed E-state index contributed by atoms with van der Waals surface area (Å²) in [6.45, 7) is 3.85. The molecule has 22 heavy (non-hydrogen) atoms. The van der Waals surface area contributed by atoms with Crippen molar-refractivity contribution in [2.75, 3.05) is 11.1 Å². The Bertz CT molecular complexity index is 724. The third kappa shape index (κ3) is 3.95. The van der Waals surface area contributed by atoms with E-state index in [1.165, 1.54) is 6.07 Å². The standard InChI is InChI=1S/C16H17N3O2S/c1-9-5-10(2)7-11(6-9)15(21)19-16(22)18-13-4-3-12(17)8-14(13)20/h3-8,20H,17H2,1-2H3,(H2,18,19,21,22). The van der Waals surface area contributed by atoms with E-state index in [0.717, 1.165) is 11.1 Å². The van der Waals surface area contributed by atoms with Crippen molar-refractivity contribution in [3.8, 4) is 5.75 Å². The molecule has 2 rings (SSSR count). The van der Waals surface area contributed by atoms with Crippen molar-refractivity contribution < 1.29 is 9.90 Å². The summed E-state index contributed by atoms with van der Waals surface area (Å²) >= 11 is 5.08. The zero-order chi connectivity index (χ0) is 16.3. The summed E-state index contributed by atoms with van der Waals surface area (Å²) in [7, 11) is 0. The van der Waals surface area contributed by atoms with Crippen LogP contribution in [-0.2, 0) is 0 Å². The van der Waals surface area contributed by atoms with Crippen LogP contribution in [0.25, 0.3) is 0 Å². The lowest BCUT2D eigenvalue weighted by atomic mass is 10.1. The van der Waals surface area contributed by atoms with Gasteiger partial charge in [-0.2, -0.15) is 0 Å². The molecule has 5 nitrogen and oxygen atoms in total. The first-order valence-corrected chi connectivity index (χ1v) is 7.05. The van der Waals surface area contributed by atoms with Crippen molar-refractivity contribution in [2.24, 2.45) is 0 Å². The molecule has 1 amide bonds. The molecule has 0 aliphatic carbocycles. The largest absolute Gasteiger partial charge is 0.506 e. The molecule has 0 aliphatic heterocycles. The predicted molar refractivity (Wildman–Crippen MR) is 92.1 cm³/mol.